The largest absolute Gasteiger partial charge is 0.386 e. The monoisotopic (exact) mass is 240 g/mol. The van der Waals surface area contributed by atoms with E-state index in [2.05, 4.69) is 0 Å². The molecule has 2 heterocycles. The van der Waals surface area contributed by atoms with Gasteiger partial charge in [-0.2, -0.15) is 11.3 Å². The number of carbonyl (C=O) groups excluding carboxylic acids is 1. The van der Waals surface area contributed by atoms with Gasteiger partial charge in [0.1, 0.15) is 12.1 Å². The summed E-state index contributed by atoms with van der Waals surface area (Å²) in [7, 11) is 0. The summed E-state index contributed by atoms with van der Waals surface area (Å²) in [5.41, 5.74) is 6.52. The molecule has 1 aliphatic rings. The maximum absolute atomic E-state index is 11.9. The van der Waals surface area contributed by atoms with Crippen molar-refractivity contribution in [2.75, 3.05) is 13.1 Å². The molecule has 4 nitrogen and oxygen atoms in total. The molecule has 88 valence electrons. The number of aliphatic hydroxyl groups excluding tert-OH is 1. The fourth-order valence-electron chi connectivity index (χ4n) is 1.93. The molecule has 0 aliphatic carbocycles. The van der Waals surface area contributed by atoms with Crippen molar-refractivity contribution in [1.82, 2.24) is 4.90 Å². The minimum atomic E-state index is -0.889. The molecule has 2 unspecified atom stereocenters. The lowest BCUT2D eigenvalue weighted by Gasteiger charge is -2.23. The number of hydrogen-bond acceptors (Lipinski definition) is 4. The van der Waals surface area contributed by atoms with Gasteiger partial charge >= 0.3 is 0 Å². The van der Waals surface area contributed by atoms with E-state index in [1.54, 1.807) is 11.0 Å². The molecule has 1 aliphatic heterocycles. The van der Waals surface area contributed by atoms with Crippen molar-refractivity contribution in [3.05, 3.63) is 22.4 Å². The van der Waals surface area contributed by atoms with Gasteiger partial charge in [-0.05, 0) is 35.2 Å². The third-order valence-electron chi connectivity index (χ3n) is 2.93. The van der Waals surface area contributed by atoms with Gasteiger partial charge in [-0.3, -0.25) is 4.79 Å². The molecule has 0 saturated carbocycles. The first-order valence-corrected chi connectivity index (χ1v) is 6.39. The molecule has 3 N–H and O–H groups in total. The van der Waals surface area contributed by atoms with E-state index >= 15 is 0 Å². The first-order valence-electron chi connectivity index (χ1n) is 5.44. The van der Waals surface area contributed by atoms with E-state index in [0.29, 0.717) is 0 Å². The highest BCUT2D eigenvalue weighted by Gasteiger charge is 2.29. The van der Waals surface area contributed by atoms with Crippen LogP contribution in [0.1, 0.15) is 24.5 Å². The second-order valence-electron chi connectivity index (χ2n) is 4.06. The van der Waals surface area contributed by atoms with E-state index in [0.717, 1.165) is 31.5 Å². The zero-order valence-corrected chi connectivity index (χ0v) is 9.82. The number of nitrogens with zero attached hydrogens (tertiary/aromatic N) is 1. The lowest BCUT2D eigenvalue weighted by molar-refractivity contribution is -0.134. The molecule has 0 aromatic carbocycles. The molecule has 0 spiro atoms. The van der Waals surface area contributed by atoms with Crippen LogP contribution in [-0.2, 0) is 4.79 Å². The summed E-state index contributed by atoms with van der Waals surface area (Å²) in [6.45, 7) is 1.53. The summed E-state index contributed by atoms with van der Waals surface area (Å²) in [5.74, 6) is -0.142. The van der Waals surface area contributed by atoms with Gasteiger partial charge in [0.25, 0.3) is 0 Å². The van der Waals surface area contributed by atoms with Gasteiger partial charge in [-0.1, -0.05) is 0 Å². The molecule has 2 rings (SSSR count). The molecule has 1 aromatic heterocycles. The van der Waals surface area contributed by atoms with Gasteiger partial charge in [0.05, 0.1) is 0 Å². The van der Waals surface area contributed by atoms with Crippen LogP contribution < -0.4 is 5.73 Å². The van der Waals surface area contributed by atoms with Crippen molar-refractivity contribution in [2.24, 2.45) is 5.73 Å². The highest BCUT2D eigenvalue weighted by molar-refractivity contribution is 7.07. The van der Waals surface area contributed by atoms with Crippen LogP contribution in [0.4, 0.5) is 0 Å². The number of thiophene rings is 1. The van der Waals surface area contributed by atoms with Crippen LogP contribution in [0.15, 0.2) is 16.8 Å². The van der Waals surface area contributed by atoms with Crippen molar-refractivity contribution in [2.45, 2.75) is 25.0 Å². The smallest absolute Gasteiger partial charge is 0.242 e. The van der Waals surface area contributed by atoms with Gasteiger partial charge < -0.3 is 15.7 Å². The van der Waals surface area contributed by atoms with Gasteiger partial charge in [-0.15, -0.1) is 0 Å². The molecular formula is C11H16N2O2S. The third-order valence-corrected chi connectivity index (χ3v) is 3.63. The second kappa shape index (κ2) is 4.95. The number of carbonyl (C=O) groups is 1. The third kappa shape index (κ3) is 2.26. The van der Waals surface area contributed by atoms with Crippen LogP contribution in [-0.4, -0.2) is 35.0 Å². The van der Waals surface area contributed by atoms with Crippen molar-refractivity contribution in [3.8, 4) is 0 Å². The maximum Gasteiger partial charge on any atom is 0.242 e. The van der Waals surface area contributed by atoms with Crippen LogP contribution in [0, 0.1) is 0 Å². The minimum absolute atomic E-state index is 0.142. The van der Waals surface area contributed by atoms with E-state index in [4.69, 9.17) is 5.73 Å². The maximum atomic E-state index is 11.9. The molecule has 0 radical (unpaired) electrons. The summed E-state index contributed by atoms with van der Waals surface area (Å²) in [6, 6.07) is 0.958. The van der Waals surface area contributed by atoms with Gasteiger partial charge in [0.15, 0.2) is 0 Å². The lowest BCUT2D eigenvalue weighted by Crippen LogP contribution is -2.45. The van der Waals surface area contributed by atoms with E-state index in [-0.39, 0.29) is 5.91 Å². The van der Waals surface area contributed by atoms with Gasteiger partial charge in [0, 0.05) is 13.1 Å². The van der Waals surface area contributed by atoms with Crippen LogP contribution >= 0.6 is 11.3 Å². The fourth-order valence-corrected chi connectivity index (χ4v) is 2.62. The summed E-state index contributed by atoms with van der Waals surface area (Å²) < 4.78 is 0. The number of hydrogen-bond donors (Lipinski definition) is 2. The zero-order chi connectivity index (χ0) is 11.5. The number of aliphatic hydroxyl groups is 1. The predicted octanol–water partition coefficient (Wildman–Crippen LogP) is 0.731. The first-order chi connectivity index (χ1) is 7.70. The highest BCUT2D eigenvalue weighted by atomic mass is 32.1. The Morgan fingerprint density at radius 3 is 2.75 bits per heavy atom. The Labute approximate surface area is 98.7 Å². The zero-order valence-electron chi connectivity index (χ0n) is 9.00. The average molecular weight is 240 g/mol. The molecule has 0 bridgehead atoms. The minimum Gasteiger partial charge on any atom is -0.386 e. The van der Waals surface area contributed by atoms with Crippen LogP contribution in [0.25, 0.3) is 0 Å². The molecule has 16 heavy (non-hydrogen) atoms. The molecular weight excluding hydrogens is 224 g/mol. The molecule has 1 amide bonds. The van der Waals surface area contributed by atoms with Gasteiger partial charge in [0.2, 0.25) is 5.91 Å². The van der Waals surface area contributed by atoms with Crippen molar-refractivity contribution < 1.29 is 9.90 Å². The van der Waals surface area contributed by atoms with Crippen LogP contribution in [0.2, 0.25) is 0 Å². The normalized spacial score (nSPS) is 19.8. The number of nitrogens with two attached hydrogens (primary N) is 1. The molecule has 1 fully saturated rings. The van der Waals surface area contributed by atoms with Gasteiger partial charge in [-0.25, -0.2) is 0 Å². The Kier molecular flexibility index (Phi) is 3.58. The van der Waals surface area contributed by atoms with E-state index in [9.17, 15) is 9.90 Å². The molecule has 1 saturated heterocycles. The summed E-state index contributed by atoms with van der Waals surface area (Å²) in [5, 5.41) is 13.6. The van der Waals surface area contributed by atoms with Crippen molar-refractivity contribution >= 4 is 17.2 Å². The number of rotatable bonds is 3. The fraction of sp³-hybridized carbons (Fsp3) is 0.545. The molecule has 5 heteroatoms. The quantitative estimate of drug-likeness (QED) is 0.818. The SMILES string of the molecule is NC(C(=O)N1CCCC1)C(O)c1ccsc1. The molecule has 2 atom stereocenters. The standard InChI is InChI=1S/C11H16N2O2S/c12-9(10(14)8-3-6-16-7-8)11(15)13-4-1-2-5-13/h3,6-7,9-10,14H,1-2,4-5,12H2. The highest BCUT2D eigenvalue weighted by Crippen LogP contribution is 2.20. The Morgan fingerprint density at radius 1 is 1.50 bits per heavy atom. The predicted molar refractivity (Wildman–Crippen MR) is 63.1 cm³/mol. The van der Waals surface area contributed by atoms with Crippen molar-refractivity contribution in [1.29, 1.82) is 0 Å². The number of likely N-dealkylation sites (tertiary alicyclic amines) is 1. The van der Waals surface area contributed by atoms with E-state index in [1.165, 1.54) is 11.3 Å². The Morgan fingerprint density at radius 2 is 2.19 bits per heavy atom. The number of amides is 1. The van der Waals surface area contributed by atoms with Crippen LogP contribution in [0.5, 0.6) is 0 Å². The van der Waals surface area contributed by atoms with Crippen molar-refractivity contribution in [3.63, 3.8) is 0 Å². The van der Waals surface area contributed by atoms with E-state index in [1.807, 2.05) is 10.8 Å². The Balaban J connectivity index is 2.01. The Hall–Kier alpha value is -0.910. The average Bonchev–Trinajstić information content (AvgIpc) is 2.97. The lowest BCUT2D eigenvalue weighted by atomic mass is 10.1. The summed E-state index contributed by atoms with van der Waals surface area (Å²) in [6.07, 6.45) is 1.18. The second-order valence-corrected chi connectivity index (χ2v) is 4.84. The summed E-state index contributed by atoms with van der Waals surface area (Å²) in [4.78, 5) is 13.7. The topological polar surface area (TPSA) is 66.6 Å². The Bertz CT molecular complexity index is 347. The van der Waals surface area contributed by atoms with Crippen LogP contribution in [0.3, 0.4) is 0 Å². The first kappa shape index (κ1) is 11.6. The van der Waals surface area contributed by atoms with E-state index < -0.39 is 12.1 Å². The molecule has 1 aromatic rings. The summed E-state index contributed by atoms with van der Waals surface area (Å²) >= 11 is 1.49.